The van der Waals surface area contributed by atoms with Gasteiger partial charge in [-0.25, -0.2) is 9.67 Å². The van der Waals surface area contributed by atoms with Crippen LogP contribution in [0.15, 0.2) is 18.3 Å². The van der Waals surface area contributed by atoms with Gasteiger partial charge in [0.1, 0.15) is 5.69 Å². The summed E-state index contributed by atoms with van der Waals surface area (Å²) < 4.78 is 1.69. The van der Waals surface area contributed by atoms with E-state index in [1.807, 2.05) is 26.0 Å². The van der Waals surface area contributed by atoms with Crippen LogP contribution in [-0.4, -0.2) is 20.0 Å². The Kier molecular flexibility index (Phi) is 2.21. The van der Waals surface area contributed by atoms with Crippen LogP contribution >= 0.6 is 11.6 Å². The molecule has 2 heterocycles. The van der Waals surface area contributed by atoms with Crippen molar-refractivity contribution < 1.29 is 0 Å². The Morgan fingerprint density at radius 2 is 2.14 bits per heavy atom. The van der Waals surface area contributed by atoms with Crippen LogP contribution in [0.3, 0.4) is 0 Å². The summed E-state index contributed by atoms with van der Waals surface area (Å²) in [7, 11) is 0. The molecule has 0 aliphatic heterocycles. The van der Waals surface area contributed by atoms with Gasteiger partial charge in [0.05, 0.1) is 11.4 Å². The third kappa shape index (κ3) is 1.37. The van der Waals surface area contributed by atoms with E-state index in [-0.39, 0.29) is 0 Å². The lowest BCUT2D eigenvalue weighted by Crippen LogP contribution is -2.00. The van der Waals surface area contributed by atoms with Gasteiger partial charge in [0.15, 0.2) is 5.15 Å². The lowest BCUT2D eigenvalue weighted by molar-refractivity contribution is 0.781. The molecule has 0 aliphatic carbocycles. The van der Waals surface area contributed by atoms with Crippen molar-refractivity contribution in [2.24, 2.45) is 0 Å². The van der Waals surface area contributed by atoms with Crippen molar-refractivity contribution in [3.63, 3.8) is 0 Å². The fourth-order valence-corrected chi connectivity index (χ4v) is 1.37. The van der Waals surface area contributed by atoms with Crippen LogP contribution in [0.5, 0.6) is 0 Å². The maximum Gasteiger partial charge on any atom is 0.154 e. The van der Waals surface area contributed by atoms with Crippen LogP contribution in [-0.2, 0) is 0 Å². The third-order valence-electron chi connectivity index (χ3n) is 2.09. The predicted molar refractivity (Wildman–Crippen MR) is 53.6 cm³/mol. The van der Waals surface area contributed by atoms with Crippen LogP contribution in [0.4, 0.5) is 0 Å². The second-order valence-electron chi connectivity index (χ2n) is 2.99. The first-order chi connectivity index (χ1) is 6.70. The molecule has 5 heteroatoms. The van der Waals surface area contributed by atoms with Gasteiger partial charge in [-0.15, -0.1) is 5.10 Å². The van der Waals surface area contributed by atoms with Gasteiger partial charge >= 0.3 is 0 Å². The zero-order valence-corrected chi connectivity index (χ0v) is 8.65. The zero-order valence-electron chi connectivity index (χ0n) is 7.90. The molecule has 0 amide bonds. The molecule has 0 spiro atoms. The second kappa shape index (κ2) is 3.38. The third-order valence-corrected chi connectivity index (χ3v) is 2.38. The molecular weight excluding hydrogens is 200 g/mol. The molecule has 2 aromatic rings. The topological polar surface area (TPSA) is 43.6 Å². The molecule has 0 N–H and O–H groups in total. The molecule has 0 aliphatic rings. The molecule has 0 atom stereocenters. The number of rotatable bonds is 1. The molecule has 0 bridgehead atoms. The fraction of sp³-hybridized carbons (Fsp3) is 0.222. The van der Waals surface area contributed by atoms with Crippen molar-refractivity contribution in [3.8, 4) is 5.69 Å². The van der Waals surface area contributed by atoms with Gasteiger partial charge < -0.3 is 0 Å². The number of aromatic nitrogens is 4. The molecule has 0 fully saturated rings. The molecule has 0 aromatic carbocycles. The maximum atomic E-state index is 5.94. The highest BCUT2D eigenvalue weighted by atomic mass is 35.5. The van der Waals surface area contributed by atoms with Crippen molar-refractivity contribution in [2.75, 3.05) is 0 Å². The first-order valence-corrected chi connectivity index (χ1v) is 4.57. The van der Waals surface area contributed by atoms with Gasteiger partial charge in [-0.05, 0) is 26.0 Å². The van der Waals surface area contributed by atoms with Crippen molar-refractivity contribution in [1.82, 2.24) is 20.0 Å². The largest absolute Gasteiger partial charge is 0.242 e. The summed E-state index contributed by atoms with van der Waals surface area (Å²) in [5.41, 5.74) is 2.62. The Morgan fingerprint density at radius 3 is 2.71 bits per heavy atom. The Labute approximate surface area is 86.5 Å². The van der Waals surface area contributed by atoms with E-state index in [9.17, 15) is 0 Å². The van der Waals surface area contributed by atoms with Crippen LogP contribution in [0.2, 0.25) is 5.15 Å². The minimum absolute atomic E-state index is 0.431. The lowest BCUT2D eigenvalue weighted by atomic mass is 10.3. The minimum Gasteiger partial charge on any atom is -0.242 e. The Bertz CT molecular complexity index is 464. The summed E-state index contributed by atoms with van der Waals surface area (Å²) in [5.74, 6) is 0. The van der Waals surface area contributed by atoms with E-state index in [2.05, 4.69) is 15.3 Å². The van der Waals surface area contributed by atoms with Gasteiger partial charge in [-0.2, -0.15) is 0 Å². The van der Waals surface area contributed by atoms with Crippen LogP contribution in [0.1, 0.15) is 11.4 Å². The second-order valence-corrected chi connectivity index (χ2v) is 3.34. The molecule has 2 aromatic heterocycles. The van der Waals surface area contributed by atoms with Crippen molar-refractivity contribution >= 4 is 11.6 Å². The Hall–Kier alpha value is -1.42. The summed E-state index contributed by atoms with van der Waals surface area (Å²) in [5, 5.41) is 8.38. The van der Waals surface area contributed by atoms with E-state index in [1.54, 1.807) is 10.9 Å². The van der Waals surface area contributed by atoms with E-state index in [0.717, 1.165) is 17.1 Å². The monoisotopic (exact) mass is 208 g/mol. The number of halogens is 1. The minimum atomic E-state index is 0.431. The first kappa shape index (κ1) is 9.15. The molecule has 0 unspecified atom stereocenters. The number of hydrogen-bond acceptors (Lipinski definition) is 3. The molecule has 72 valence electrons. The van der Waals surface area contributed by atoms with E-state index < -0.39 is 0 Å². The lowest BCUT2D eigenvalue weighted by Gasteiger charge is -2.03. The molecule has 0 saturated carbocycles. The van der Waals surface area contributed by atoms with Crippen LogP contribution in [0.25, 0.3) is 5.69 Å². The van der Waals surface area contributed by atoms with E-state index in [0.29, 0.717) is 5.15 Å². The van der Waals surface area contributed by atoms with E-state index in [1.165, 1.54) is 0 Å². The highest BCUT2D eigenvalue weighted by Crippen LogP contribution is 2.18. The number of nitrogens with zero attached hydrogens (tertiary/aromatic N) is 4. The predicted octanol–water partition coefficient (Wildman–Crippen LogP) is 1.93. The SMILES string of the molecule is Cc1nnn(-c2cccnc2Cl)c1C. The highest BCUT2D eigenvalue weighted by Gasteiger charge is 2.09. The molecule has 0 radical (unpaired) electrons. The summed E-state index contributed by atoms with van der Waals surface area (Å²) in [6, 6.07) is 3.67. The van der Waals surface area contributed by atoms with Crippen molar-refractivity contribution in [3.05, 3.63) is 34.9 Å². The summed E-state index contributed by atoms with van der Waals surface area (Å²) in [6.45, 7) is 3.85. The number of hydrogen-bond donors (Lipinski definition) is 0. The summed E-state index contributed by atoms with van der Waals surface area (Å²) in [6.07, 6.45) is 1.64. The number of pyridine rings is 1. The molecule has 0 saturated heterocycles. The van der Waals surface area contributed by atoms with Crippen molar-refractivity contribution in [1.29, 1.82) is 0 Å². The standard InChI is InChI=1S/C9H9ClN4/c1-6-7(2)14(13-12-6)8-4-3-5-11-9(8)10/h3-5H,1-2H3. The van der Waals surface area contributed by atoms with Crippen molar-refractivity contribution in [2.45, 2.75) is 13.8 Å². The normalized spacial score (nSPS) is 10.5. The number of aryl methyl sites for hydroxylation is 1. The van der Waals surface area contributed by atoms with Gasteiger partial charge in [0, 0.05) is 6.20 Å². The molecule has 2 rings (SSSR count). The molecule has 4 nitrogen and oxygen atoms in total. The van der Waals surface area contributed by atoms with Crippen LogP contribution in [0, 0.1) is 13.8 Å². The molecule has 14 heavy (non-hydrogen) atoms. The summed E-state index contributed by atoms with van der Waals surface area (Å²) >= 11 is 5.94. The first-order valence-electron chi connectivity index (χ1n) is 4.20. The van der Waals surface area contributed by atoms with E-state index >= 15 is 0 Å². The highest BCUT2D eigenvalue weighted by molar-refractivity contribution is 6.31. The average molecular weight is 209 g/mol. The smallest absolute Gasteiger partial charge is 0.154 e. The Morgan fingerprint density at radius 1 is 1.36 bits per heavy atom. The zero-order chi connectivity index (χ0) is 10.1. The maximum absolute atomic E-state index is 5.94. The Balaban J connectivity index is 2.60. The average Bonchev–Trinajstić information content (AvgIpc) is 2.49. The van der Waals surface area contributed by atoms with Gasteiger partial charge in [-0.3, -0.25) is 0 Å². The van der Waals surface area contributed by atoms with E-state index in [4.69, 9.17) is 11.6 Å². The quantitative estimate of drug-likeness (QED) is 0.673. The fourth-order valence-electron chi connectivity index (χ4n) is 1.17. The van der Waals surface area contributed by atoms with Gasteiger partial charge in [-0.1, -0.05) is 16.8 Å². The van der Waals surface area contributed by atoms with Gasteiger partial charge in [0.25, 0.3) is 0 Å². The molecular formula is C9H9ClN4. The van der Waals surface area contributed by atoms with Crippen LogP contribution < -0.4 is 0 Å². The van der Waals surface area contributed by atoms with Gasteiger partial charge in [0.2, 0.25) is 0 Å². The summed E-state index contributed by atoms with van der Waals surface area (Å²) in [4.78, 5) is 3.98.